The Labute approximate surface area is 144 Å². The number of nitrogens with zero attached hydrogens (tertiary/aromatic N) is 1. The molecule has 0 spiro atoms. The van der Waals surface area contributed by atoms with Gasteiger partial charge < -0.3 is 19.2 Å². The summed E-state index contributed by atoms with van der Waals surface area (Å²) < 4.78 is 14.9. The number of benzene rings is 1. The topological polar surface area (TPSA) is 35.4 Å². The van der Waals surface area contributed by atoms with E-state index in [0.29, 0.717) is 6.04 Å². The Hall–Kier alpha value is -1.30. The van der Waals surface area contributed by atoms with Crippen molar-refractivity contribution >= 4 is 23.5 Å². The molecule has 0 amide bonds. The monoisotopic (exact) mass is 326 g/mol. The molecule has 1 unspecified atom stereocenters. The molecular weight excluding hydrogens is 299 g/mol. The van der Waals surface area contributed by atoms with Crippen LogP contribution in [0.15, 0.2) is 24.3 Å². The van der Waals surface area contributed by atoms with Gasteiger partial charge in [0, 0.05) is 23.8 Å². The van der Waals surface area contributed by atoms with Crippen LogP contribution in [0.25, 0.3) is 10.9 Å². The number of aromatic nitrogens is 1. The highest BCUT2D eigenvalue weighted by Crippen LogP contribution is 2.37. The molecule has 128 valence electrons. The van der Waals surface area contributed by atoms with E-state index in [4.69, 9.17) is 9.31 Å². The van der Waals surface area contributed by atoms with E-state index >= 15 is 0 Å². The number of hydrogen-bond acceptors (Lipinski definition) is 3. The molecular formula is C19H27BN2O2. The molecule has 5 heteroatoms. The van der Waals surface area contributed by atoms with E-state index in [2.05, 4.69) is 68.8 Å². The van der Waals surface area contributed by atoms with Crippen LogP contribution in [-0.4, -0.2) is 36.0 Å². The first-order chi connectivity index (χ1) is 11.3. The molecule has 1 atom stereocenters. The van der Waals surface area contributed by atoms with Gasteiger partial charge in [0.2, 0.25) is 0 Å². The third-order valence-electron chi connectivity index (χ3n) is 5.98. The number of aryl methyl sites for hydroxylation is 1. The molecule has 1 aromatic heterocycles. The third kappa shape index (κ3) is 2.41. The summed E-state index contributed by atoms with van der Waals surface area (Å²) >= 11 is 0. The molecule has 2 aromatic rings. The van der Waals surface area contributed by atoms with Crippen molar-refractivity contribution in [1.29, 1.82) is 0 Å². The van der Waals surface area contributed by atoms with Gasteiger partial charge in [0.05, 0.1) is 11.2 Å². The Bertz CT molecular complexity index is 759. The second kappa shape index (κ2) is 5.35. The van der Waals surface area contributed by atoms with Crippen LogP contribution in [0, 0.1) is 6.92 Å². The van der Waals surface area contributed by atoms with Gasteiger partial charge in [-0.25, -0.2) is 0 Å². The van der Waals surface area contributed by atoms with Gasteiger partial charge in [0.1, 0.15) is 0 Å². The van der Waals surface area contributed by atoms with Crippen LogP contribution in [0.4, 0.5) is 0 Å². The second-order valence-corrected chi connectivity index (χ2v) is 8.21. The van der Waals surface area contributed by atoms with Crippen molar-refractivity contribution in [2.45, 2.75) is 58.3 Å². The van der Waals surface area contributed by atoms with Crippen molar-refractivity contribution in [2.75, 3.05) is 13.1 Å². The smallest absolute Gasteiger partial charge is 0.399 e. The number of fused-ring (bicyclic) bond motifs is 1. The maximum Gasteiger partial charge on any atom is 0.494 e. The minimum absolute atomic E-state index is 0.301. The van der Waals surface area contributed by atoms with Crippen molar-refractivity contribution in [2.24, 2.45) is 0 Å². The fourth-order valence-electron chi connectivity index (χ4n) is 3.85. The number of hydrogen-bond donors (Lipinski definition) is 1. The van der Waals surface area contributed by atoms with Crippen molar-refractivity contribution in [1.82, 2.24) is 9.88 Å². The first-order valence-electron chi connectivity index (χ1n) is 8.96. The van der Waals surface area contributed by atoms with E-state index in [9.17, 15) is 0 Å². The molecule has 0 saturated carbocycles. The van der Waals surface area contributed by atoms with Gasteiger partial charge in [-0.2, -0.15) is 0 Å². The lowest BCUT2D eigenvalue weighted by Crippen LogP contribution is -2.41. The molecule has 1 N–H and O–H groups in total. The van der Waals surface area contributed by atoms with E-state index in [-0.39, 0.29) is 18.3 Å². The Morgan fingerprint density at radius 2 is 1.83 bits per heavy atom. The van der Waals surface area contributed by atoms with Gasteiger partial charge in [-0.05, 0) is 70.6 Å². The average molecular weight is 326 g/mol. The minimum atomic E-state index is -0.306. The predicted octanol–water partition coefficient (Wildman–Crippen LogP) is 2.78. The highest BCUT2D eigenvalue weighted by atomic mass is 16.7. The SMILES string of the molecule is Cc1cc2ccc(B3OC(C)(C)C(C)(C)O3)cc2n1C1CCNC1. The lowest BCUT2D eigenvalue weighted by Gasteiger charge is -2.32. The van der Waals surface area contributed by atoms with Crippen molar-refractivity contribution in [3.8, 4) is 0 Å². The lowest BCUT2D eigenvalue weighted by atomic mass is 9.79. The standard InChI is InChI=1S/C19H27BN2O2/c1-13-10-14-6-7-15(20-23-18(2,3)19(4,5)24-20)11-17(14)22(13)16-8-9-21-12-16/h6-7,10-11,16,21H,8-9,12H2,1-5H3. The number of nitrogens with one attached hydrogen (secondary N) is 1. The Morgan fingerprint density at radius 1 is 1.12 bits per heavy atom. The summed E-state index contributed by atoms with van der Waals surface area (Å²) in [4.78, 5) is 0. The van der Waals surface area contributed by atoms with E-state index in [0.717, 1.165) is 18.6 Å². The fraction of sp³-hybridized carbons (Fsp3) is 0.579. The van der Waals surface area contributed by atoms with Crippen LogP contribution in [0.5, 0.6) is 0 Å². The zero-order valence-corrected chi connectivity index (χ0v) is 15.3. The van der Waals surface area contributed by atoms with Crippen LogP contribution < -0.4 is 10.8 Å². The van der Waals surface area contributed by atoms with E-state index in [1.54, 1.807) is 0 Å². The molecule has 0 radical (unpaired) electrons. The molecule has 3 heterocycles. The van der Waals surface area contributed by atoms with Crippen LogP contribution in [-0.2, 0) is 9.31 Å². The van der Waals surface area contributed by atoms with Gasteiger partial charge in [-0.15, -0.1) is 0 Å². The summed E-state index contributed by atoms with van der Waals surface area (Å²) in [7, 11) is -0.301. The molecule has 0 aliphatic carbocycles. The molecule has 2 saturated heterocycles. The predicted molar refractivity (Wildman–Crippen MR) is 98.9 cm³/mol. The lowest BCUT2D eigenvalue weighted by molar-refractivity contribution is 0.00578. The van der Waals surface area contributed by atoms with Crippen molar-refractivity contribution in [3.63, 3.8) is 0 Å². The molecule has 2 aliphatic heterocycles. The molecule has 1 aromatic carbocycles. The van der Waals surface area contributed by atoms with Gasteiger partial charge in [-0.1, -0.05) is 12.1 Å². The third-order valence-corrected chi connectivity index (χ3v) is 5.98. The largest absolute Gasteiger partial charge is 0.494 e. The maximum atomic E-state index is 6.23. The van der Waals surface area contributed by atoms with Crippen LogP contribution in [0.1, 0.15) is 45.9 Å². The van der Waals surface area contributed by atoms with Gasteiger partial charge in [0.15, 0.2) is 0 Å². The molecule has 4 rings (SSSR count). The Balaban J connectivity index is 1.75. The maximum absolute atomic E-state index is 6.23. The van der Waals surface area contributed by atoms with E-state index in [1.165, 1.54) is 23.0 Å². The molecule has 2 aliphatic rings. The normalized spacial score (nSPS) is 25.7. The summed E-state index contributed by atoms with van der Waals surface area (Å²) in [5.74, 6) is 0. The molecule has 2 fully saturated rings. The zero-order chi connectivity index (χ0) is 17.1. The minimum Gasteiger partial charge on any atom is -0.399 e. The fourth-order valence-corrected chi connectivity index (χ4v) is 3.85. The summed E-state index contributed by atoms with van der Waals surface area (Å²) in [5, 5.41) is 4.76. The molecule has 24 heavy (non-hydrogen) atoms. The van der Waals surface area contributed by atoms with Gasteiger partial charge >= 0.3 is 7.12 Å². The van der Waals surface area contributed by atoms with Crippen molar-refractivity contribution in [3.05, 3.63) is 30.0 Å². The van der Waals surface area contributed by atoms with E-state index < -0.39 is 0 Å². The highest BCUT2D eigenvalue weighted by molar-refractivity contribution is 6.62. The summed E-state index contributed by atoms with van der Waals surface area (Å²) in [6.07, 6.45) is 1.19. The number of rotatable bonds is 2. The quantitative estimate of drug-likeness (QED) is 0.862. The van der Waals surface area contributed by atoms with Gasteiger partial charge in [-0.3, -0.25) is 0 Å². The highest BCUT2D eigenvalue weighted by Gasteiger charge is 2.51. The Kier molecular flexibility index (Phi) is 3.61. The summed E-state index contributed by atoms with van der Waals surface area (Å²) in [6.45, 7) is 12.7. The summed E-state index contributed by atoms with van der Waals surface area (Å²) in [6, 6.07) is 9.41. The zero-order valence-electron chi connectivity index (χ0n) is 15.3. The first kappa shape index (κ1) is 16.2. The van der Waals surface area contributed by atoms with Crippen molar-refractivity contribution < 1.29 is 9.31 Å². The Morgan fingerprint density at radius 3 is 2.46 bits per heavy atom. The second-order valence-electron chi connectivity index (χ2n) is 8.21. The van der Waals surface area contributed by atoms with E-state index in [1.807, 2.05) is 0 Å². The average Bonchev–Trinajstić information content (AvgIpc) is 3.15. The molecule has 4 nitrogen and oxygen atoms in total. The van der Waals surface area contributed by atoms with Crippen LogP contribution in [0.3, 0.4) is 0 Å². The van der Waals surface area contributed by atoms with Crippen LogP contribution >= 0.6 is 0 Å². The summed E-state index contributed by atoms with van der Waals surface area (Å²) in [5.41, 5.74) is 3.10. The molecule has 0 bridgehead atoms. The first-order valence-corrected chi connectivity index (χ1v) is 8.96. The van der Waals surface area contributed by atoms with Gasteiger partial charge in [0.25, 0.3) is 0 Å². The van der Waals surface area contributed by atoms with Crippen LogP contribution in [0.2, 0.25) is 0 Å².